The minimum absolute atomic E-state index is 0.195. The molecule has 31 heavy (non-hydrogen) atoms. The SMILES string of the molecule is Cc1cccc(C(=O)Nc2ccc(C(=O)N/N=C/c3c(C)[nH]c4ccccc34)cc2)c1. The Bertz CT molecular complexity index is 1290. The summed E-state index contributed by atoms with van der Waals surface area (Å²) in [6.07, 6.45) is 1.64. The maximum Gasteiger partial charge on any atom is 0.271 e. The van der Waals surface area contributed by atoms with E-state index in [1.165, 1.54) is 0 Å². The van der Waals surface area contributed by atoms with E-state index in [0.717, 1.165) is 27.7 Å². The van der Waals surface area contributed by atoms with E-state index in [1.54, 1.807) is 36.5 Å². The van der Waals surface area contributed by atoms with Crippen LogP contribution in [0.5, 0.6) is 0 Å². The van der Waals surface area contributed by atoms with Crippen LogP contribution in [0.2, 0.25) is 0 Å². The molecule has 0 bridgehead atoms. The molecule has 154 valence electrons. The fourth-order valence-corrected chi connectivity index (χ4v) is 3.38. The fourth-order valence-electron chi connectivity index (χ4n) is 3.38. The van der Waals surface area contributed by atoms with Crippen molar-refractivity contribution in [2.75, 3.05) is 5.32 Å². The lowest BCUT2D eigenvalue weighted by Gasteiger charge is -2.07. The number of hydrogen-bond donors (Lipinski definition) is 3. The molecule has 0 aliphatic heterocycles. The number of H-pyrrole nitrogens is 1. The Morgan fingerprint density at radius 2 is 1.65 bits per heavy atom. The second-order valence-corrected chi connectivity index (χ2v) is 7.31. The molecule has 6 nitrogen and oxygen atoms in total. The molecule has 0 fully saturated rings. The summed E-state index contributed by atoms with van der Waals surface area (Å²) in [6.45, 7) is 3.90. The van der Waals surface area contributed by atoms with Gasteiger partial charge in [0.2, 0.25) is 0 Å². The largest absolute Gasteiger partial charge is 0.358 e. The monoisotopic (exact) mass is 410 g/mol. The molecule has 0 aliphatic rings. The van der Waals surface area contributed by atoms with Gasteiger partial charge in [0.05, 0.1) is 6.21 Å². The van der Waals surface area contributed by atoms with Gasteiger partial charge in [-0.15, -0.1) is 0 Å². The minimum atomic E-state index is -0.328. The van der Waals surface area contributed by atoms with Crippen LogP contribution >= 0.6 is 0 Å². The lowest BCUT2D eigenvalue weighted by molar-refractivity contribution is 0.0954. The number of aromatic amines is 1. The number of benzene rings is 3. The van der Waals surface area contributed by atoms with Crippen LogP contribution in [0, 0.1) is 13.8 Å². The predicted octanol–water partition coefficient (Wildman–Crippen LogP) is 4.80. The van der Waals surface area contributed by atoms with Gasteiger partial charge < -0.3 is 10.3 Å². The Hall–Kier alpha value is -4.19. The van der Waals surface area contributed by atoms with Crippen molar-refractivity contribution in [1.82, 2.24) is 10.4 Å². The normalized spacial score (nSPS) is 11.0. The summed E-state index contributed by atoms with van der Waals surface area (Å²) >= 11 is 0. The third-order valence-corrected chi connectivity index (χ3v) is 4.99. The van der Waals surface area contributed by atoms with Gasteiger partial charge in [-0.05, 0) is 56.3 Å². The van der Waals surface area contributed by atoms with E-state index in [9.17, 15) is 9.59 Å². The molecule has 4 aromatic rings. The van der Waals surface area contributed by atoms with Crippen LogP contribution in [0.15, 0.2) is 77.9 Å². The van der Waals surface area contributed by atoms with Crippen LogP contribution in [0.4, 0.5) is 5.69 Å². The van der Waals surface area contributed by atoms with Crippen molar-refractivity contribution in [3.8, 4) is 0 Å². The average Bonchev–Trinajstić information content (AvgIpc) is 3.09. The average molecular weight is 410 g/mol. The van der Waals surface area contributed by atoms with Gasteiger partial charge in [-0.2, -0.15) is 5.10 Å². The molecule has 0 saturated heterocycles. The van der Waals surface area contributed by atoms with Crippen molar-refractivity contribution in [2.45, 2.75) is 13.8 Å². The van der Waals surface area contributed by atoms with Gasteiger partial charge in [-0.1, -0.05) is 35.9 Å². The molecule has 2 amide bonds. The second kappa shape index (κ2) is 8.67. The number of hydrazone groups is 1. The Morgan fingerprint density at radius 3 is 2.42 bits per heavy atom. The smallest absolute Gasteiger partial charge is 0.271 e. The zero-order chi connectivity index (χ0) is 21.8. The predicted molar refractivity (Wildman–Crippen MR) is 124 cm³/mol. The molecule has 3 N–H and O–H groups in total. The fraction of sp³-hybridized carbons (Fsp3) is 0.0800. The highest BCUT2D eigenvalue weighted by Crippen LogP contribution is 2.20. The summed E-state index contributed by atoms with van der Waals surface area (Å²) in [4.78, 5) is 28.0. The van der Waals surface area contributed by atoms with Gasteiger partial charge in [-0.25, -0.2) is 5.43 Å². The van der Waals surface area contributed by atoms with Crippen molar-refractivity contribution in [3.63, 3.8) is 0 Å². The van der Waals surface area contributed by atoms with Gasteiger partial charge in [-0.3, -0.25) is 9.59 Å². The zero-order valence-electron chi connectivity index (χ0n) is 17.3. The number of nitrogens with zero attached hydrogens (tertiary/aromatic N) is 1. The molecular formula is C25H22N4O2. The van der Waals surface area contributed by atoms with E-state index >= 15 is 0 Å². The van der Waals surface area contributed by atoms with Crippen LogP contribution < -0.4 is 10.7 Å². The third-order valence-electron chi connectivity index (χ3n) is 4.99. The summed E-state index contributed by atoms with van der Waals surface area (Å²) < 4.78 is 0. The number of hydrogen-bond acceptors (Lipinski definition) is 3. The molecule has 1 aromatic heterocycles. The Morgan fingerprint density at radius 1 is 0.871 bits per heavy atom. The van der Waals surface area contributed by atoms with Crippen molar-refractivity contribution in [2.24, 2.45) is 5.10 Å². The van der Waals surface area contributed by atoms with Crippen molar-refractivity contribution in [3.05, 3.63) is 101 Å². The second-order valence-electron chi connectivity index (χ2n) is 7.31. The number of fused-ring (bicyclic) bond motifs is 1. The van der Waals surface area contributed by atoms with E-state index in [1.807, 2.05) is 56.3 Å². The quantitative estimate of drug-likeness (QED) is 0.326. The molecule has 0 saturated carbocycles. The molecule has 1 heterocycles. The Labute approximate surface area is 180 Å². The molecule has 4 rings (SSSR count). The van der Waals surface area contributed by atoms with Crippen LogP contribution in [0.3, 0.4) is 0 Å². The number of aryl methyl sites for hydroxylation is 2. The first-order chi connectivity index (χ1) is 15.0. The molecule has 0 atom stereocenters. The number of para-hydroxylation sites is 1. The summed E-state index contributed by atoms with van der Waals surface area (Å²) in [7, 11) is 0. The van der Waals surface area contributed by atoms with Crippen LogP contribution in [-0.2, 0) is 0 Å². The lowest BCUT2D eigenvalue weighted by atomic mass is 10.1. The van der Waals surface area contributed by atoms with Crippen LogP contribution in [-0.4, -0.2) is 23.0 Å². The number of carbonyl (C=O) groups excluding carboxylic acids is 2. The van der Waals surface area contributed by atoms with E-state index in [4.69, 9.17) is 0 Å². The maximum atomic E-state index is 12.4. The molecule has 3 aromatic carbocycles. The lowest BCUT2D eigenvalue weighted by Crippen LogP contribution is -2.18. The van der Waals surface area contributed by atoms with Crippen LogP contribution in [0.1, 0.15) is 37.5 Å². The molecular weight excluding hydrogens is 388 g/mol. The zero-order valence-corrected chi connectivity index (χ0v) is 17.3. The summed E-state index contributed by atoms with van der Waals surface area (Å²) in [5.41, 5.74) is 8.15. The van der Waals surface area contributed by atoms with Gasteiger partial charge in [0, 0.05) is 39.0 Å². The molecule has 6 heteroatoms. The first-order valence-electron chi connectivity index (χ1n) is 9.90. The Balaban J connectivity index is 1.39. The molecule has 0 unspecified atom stereocenters. The number of carbonyl (C=O) groups is 2. The van der Waals surface area contributed by atoms with Crippen molar-refractivity contribution < 1.29 is 9.59 Å². The first-order valence-corrected chi connectivity index (χ1v) is 9.90. The number of amides is 2. The number of rotatable bonds is 5. The first kappa shape index (κ1) is 20.1. The van der Waals surface area contributed by atoms with Crippen molar-refractivity contribution >= 4 is 34.6 Å². The maximum absolute atomic E-state index is 12.4. The van der Waals surface area contributed by atoms with Gasteiger partial charge in [0.1, 0.15) is 0 Å². The molecule has 0 radical (unpaired) electrons. The van der Waals surface area contributed by atoms with Crippen molar-refractivity contribution in [1.29, 1.82) is 0 Å². The number of anilines is 1. The summed E-state index contributed by atoms with van der Waals surface area (Å²) in [5, 5.41) is 7.99. The molecule has 0 spiro atoms. The highest BCUT2D eigenvalue weighted by molar-refractivity contribution is 6.05. The highest BCUT2D eigenvalue weighted by atomic mass is 16.2. The number of aromatic nitrogens is 1. The van der Waals surface area contributed by atoms with E-state index < -0.39 is 0 Å². The van der Waals surface area contributed by atoms with Gasteiger partial charge in [0.15, 0.2) is 0 Å². The van der Waals surface area contributed by atoms with E-state index in [0.29, 0.717) is 16.8 Å². The minimum Gasteiger partial charge on any atom is -0.358 e. The molecule has 0 aliphatic carbocycles. The van der Waals surface area contributed by atoms with Gasteiger partial charge >= 0.3 is 0 Å². The number of nitrogens with one attached hydrogen (secondary N) is 3. The van der Waals surface area contributed by atoms with Gasteiger partial charge in [0.25, 0.3) is 11.8 Å². The summed E-state index contributed by atoms with van der Waals surface area (Å²) in [5.74, 6) is -0.523. The van der Waals surface area contributed by atoms with E-state index in [-0.39, 0.29) is 11.8 Å². The standard InChI is InChI=1S/C25H22N4O2/c1-16-6-5-7-19(14-16)24(30)28-20-12-10-18(11-13-20)25(31)29-26-15-22-17(2)27-23-9-4-3-8-21(22)23/h3-15,27H,1-2H3,(H,28,30)(H,29,31)/b26-15+. The summed E-state index contributed by atoms with van der Waals surface area (Å²) in [6, 6.07) is 22.0. The van der Waals surface area contributed by atoms with Crippen LogP contribution in [0.25, 0.3) is 10.9 Å². The topological polar surface area (TPSA) is 86.3 Å². The highest BCUT2D eigenvalue weighted by Gasteiger charge is 2.09. The van der Waals surface area contributed by atoms with E-state index in [2.05, 4.69) is 20.8 Å². The third kappa shape index (κ3) is 4.53. The Kier molecular flexibility index (Phi) is 5.62.